The highest BCUT2D eigenvalue weighted by molar-refractivity contribution is 5.95. The summed E-state index contributed by atoms with van der Waals surface area (Å²) >= 11 is 0. The first-order valence-corrected chi connectivity index (χ1v) is 11.7. The summed E-state index contributed by atoms with van der Waals surface area (Å²) in [5.74, 6) is 0.384. The number of piperidine rings is 1. The third-order valence-electron chi connectivity index (χ3n) is 6.52. The van der Waals surface area contributed by atoms with E-state index in [2.05, 4.69) is 30.5 Å². The number of rotatable bonds is 8. The number of hydrogen-bond acceptors (Lipinski definition) is 5. The van der Waals surface area contributed by atoms with Gasteiger partial charge in [0.15, 0.2) is 0 Å². The lowest BCUT2D eigenvalue weighted by Gasteiger charge is -2.32. The molecule has 0 radical (unpaired) electrons. The summed E-state index contributed by atoms with van der Waals surface area (Å²) in [6, 6.07) is 7.74. The van der Waals surface area contributed by atoms with Crippen molar-refractivity contribution >= 4 is 22.5 Å². The van der Waals surface area contributed by atoms with Gasteiger partial charge in [0, 0.05) is 23.6 Å². The Morgan fingerprint density at radius 3 is 2.67 bits per heavy atom. The van der Waals surface area contributed by atoms with Gasteiger partial charge in [-0.15, -0.1) is 0 Å². The maximum Gasteiger partial charge on any atom is 0.336 e. The third-order valence-corrected chi connectivity index (χ3v) is 6.52. The number of fused-ring (bicyclic) bond motifs is 1. The van der Waals surface area contributed by atoms with E-state index in [0.717, 1.165) is 66.6 Å². The van der Waals surface area contributed by atoms with E-state index < -0.39 is 0 Å². The topological polar surface area (TPSA) is 59.8 Å². The van der Waals surface area contributed by atoms with Crippen LogP contribution in [0.4, 0.5) is 0 Å². The van der Waals surface area contributed by atoms with Crippen LogP contribution in [-0.2, 0) is 16.0 Å². The zero-order chi connectivity index (χ0) is 24.0. The first-order chi connectivity index (χ1) is 15.9. The largest absolute Gasteiger partial charge is 0.469 e. The lowest BCUT2D eigenvalue weighted by Crippen LogP contribution is -2.39. The van der Waals surface area contributed by atoms with Gasteiger partial charge in [0.2, 0.25) is 0 Å². The van der Waals surface area contributed by atoms with Crippen molar-refractivity contribution in [2.45, 2.75) is 40.0 Å². The molecular weight excluding hydrogens is 414 g/mol. The van der Waals surface area contributed by atoms with Crippen LogP contribution in [-0.4, -0.2) is 37.6 Å². The zero-order valence-electron chi connectivity index (χ0n) is 20.2. The molecule has 1 saturated heterocycles. The van der Waals surface area contributed by atoms with E-state index in [1.54, 1.807) is 12.1 Å². The highest BCUT2D eigenvalue weighted by Gasteiger charge is 2.26. The molecular formula is C28H35NO4. The maximum atomic E-state index is 12.3. The second-order valence-electron chi connectivity index (χ2n) is 9.00. The number of ether oxygens (including phenoxy) is 1. The van der Waals surface area contributed by atoms with E-state index >= 15 is 0 Å². The van der Waals surface area contributed by atoms with Gasteiger partial charge in [0.25, 0.3) is 0 Å². The first-order valence-electron chi connectivity index (χ1n) is 11.7. The van der Waals surface area contributed by atoms with Crippen molar-refractivity contribution in [3.8, 4) is 0 Å². The average Bonchev–Trinajstić information content (AvgIpc) is 2.81. The normalized spacial score (nSPS) is 17.2. The molecule has 3 rings (SSSR count). The second kappa shape index (κ2) is 11.3. The molecule has 2 aromatic rings. The zero-order valence-corrected chi connectivity index (χ0v) is 20.2. The Labute approximate surface area is 196 Å². The second-order valence-corrected chi connectivity index (χ2v) is 9.00. The van der Waals surface area contributed by atoms with E-state index in [1.165, 1.54) is 7.11 Å². The highest BCUT2D eigenvalue weighted by atomic mass is 16.5. The SMILES string of the molecule is C=C/C=C(\C(C)=C/C)c1cc(=O)oc2cc(CC(C)CN3CCC(C(=O)OC)CC3)ccc12. The minimum atomic E-state index is -0.352. The van der Waals surface area contributed by atoms with Crippen molar-refractivity contribution in [1.29, 1.82) is 0 Å². The number of carbonyl (C=O) groups excluding carboxylic acids is 1. The molecule has 1 aromatic carbocycles. The molecule has 0 aliphatic carbocycles. The van der Waals surface area contributed by atoms with Crippen molar-refractivity contribution < 1.29 is 13.9 Å². The predicted molar refractivity (Wildman–Crippen MR) is 134 cm³/mol. The van der Waals surface area contributed by atoms with Crippen LogP contribution in [0.15, 0.2) is 63.9 Å². The minimum Gasteiger partial charge on any atom is -0.469 e. The van der Waals surface area contributed by atoms with Crippen molar-refractivity contribution in [2.24, 2.45) is 11.8 Å². The van der Waals surface area contributed by atoms with E-state index in [0.29, 0.717) is 11.5 Å². The first kappa shape index (κ1) is 24.7. The minimum absolute atomic E-state index is 0.0327. The van der Waals surface area contributed by atoms with Crippen LogP contribution in [0.1, 0.15) is 44.7 Å². The fourth-order valence-electron chi connectivity index (χ4n) is 4.69. The van der Waals surface area contributed by atoms with E-state index in [4.69, 9.17) is 9.15 Å². The molecule has 1 aliphatic heterocycles. The summed E-state index contributed by atoms with van der Waals surface area (Å²) in [4.78, 5) is 26.5. The van der Waals surface area contributed by atoms with Gasteiger partial charge in [0.05, 0.1) is 13.0 Å². The number of carbonyl (C=O) groups is 1. The summed E-state index contributed by atoms with van der Waals surface area (Å²) in [5.41, 5.74) is 4.33. The predicted octanol–water partition coefficient (Wildman–Crippen LogP) is 5.39. The number of esters is 1. The van der Waals surface area contributed by atoms with Crippen molar-refractivity contribution in [1.82, 2.24) is 4.90 Å². The Morgan fingerprint density at radius 2 is 2.03 bits per heavy atom. The number of methoxy groups -OCH3 is 1. The van der Waals surface area contributed by atoms with E-state index in [9.17, 15) is 9.59 Å². The molecule has 2 heterocycles. The molecule has 0 N–H and O–H groups in total. The number of allylic oxidation sites excluding steroid dienone is 5. The van der Waals surface area contributed by atoms with E-state index in [1.807, 2.05) is 32.1 Å². The van der Waals surface area contributed by atoms with Gasteiger partial charge < -0.3 is 14.1 Å². The van der Waals surface area contributed by atoms with Crippen molar-refractivity contribution in [3.05, 3.63) is 76.2 Å². The Morgan fingerprint density at radius 1 is 1.30 bits per heavy atom. The molecule has 1 aromatic heterocycles. The lowest BCUT2D eigenvalue weighted by atomic mass is 9.93. The van der Waals surface area contributed by atoms with Crippen LogP contribution in [0, 0.1) is 11.8 Å². The third kappa shape index (κ3) is 6.11. The molecule has 5 nitrogen and oxygen atoms in total. The molecule has 176 valence electrons. The summed E-state index contributed by atoms with van der Waals surface area (Å²) in [7, 11) is 1.46. The molecule has 0 saturated carbocycles. The van der Waals surface area contributed by atoms with Crippen molar-refractivity contribution in [2.75, 3.05) is 26.7 Å². The average molecular weight is 450 g/mol. The highest BCUT2D eigenvalue weighted by Crippen LogP contribution is 2.30. The smallest absolute Gasteiger partial charge is 0.336 e. The van der Waals surface area contributed by atoms with Gasteiger partial charge in [0.1, 0.15) is 5.58 Å². The summed E-state index contributed by atoms with van der Waals surface area (Å²) in [6.45, 7) is 12.9. The Balaban J connectivity index is 1.75. The Bertz CT molecular complexity index is 1120. The van der Waals surface area contributed by atoms with Gasteiger partial charge in [-0.2, -0.15) is 0 Å². The molecule has 0 spiro atoms. The Hall–Kier alpha value is -2.92. The molecule has 1 fully saturated rings. The van der Waals surface area contributed by atoms with Crippen LogP contribution in [0.2, 0.25) is 0 Å². The van der Waals surface area contributed by atoms with Crippen LogP contribution < -0.4 is 5.63 Å². The Kier molecular flexibility index (Phi) is 8.45. The molecule has 0 amide bonds. The van der Waals surface area contributed by atoms with Gasteiger partial charge in [-0.25, -0.2) is 4.79 Å². The van der Waals surface area contributed by atoms with Crippen LogP contribution in [0.5, 0.6) is 0 Å². The molecule has 5 heteroatoms. The summed E-state index contributed by atoms with van der Waals surface area (Å²) in [5, 5.41) is 0.921. The van der Waals surface area contributed by atoms with Crippen LogP contribution in [0.3, 0.4) is 0 Å². The fourth-order valence-corrected chi connectivity index (χ4v) is 4.69. The molecule has 1 unspecified atom stereocenters. The van der Waals surface area contributed by atoms with Gasteiger partial charge in [-0.3, -0.25) is 4.79 Å². The maximum absolute atomic E-state index is 12.3. The summed E-state index contributed by atoms with van der Waals surface area (Å²) < 4.78 is 10.5. The molecule has 1 aliphatic rings. The number of likely N-dealkylation sites (tertiary alicyclic amines) is 1. The van der Waals surface area contributed by atoms with E-state index in [-0.39, 0.29) is 17.5 Å². The fraction of sp³-hybridized carbons (Fsp3) is 0.429. The lowest BCUT2D eigenvalue weighted by molar-refractivity contribution is -0.147. The number of hydrogen-bond donors (Lipinski definition) is 0. The van der Waals surface area contributed by atoms with Crippen LogP contribution in [0.25, 0.3) is 16.5 Å². The number of nitrogens with zero attached hydrogens (tertiary/aromatic N) is 1. The quantitative estimate of drug-likeness (QED) is 0.307. The standard InChI is InChI=1S/C28H35NO4/c1-6-8-23(20(4)7-2)25-17-27(30)33-26-16-21(9-10-24(25)26)15-19(3)18-29-13-11-22(12-14-29)28(31)32-5/h6-10,16-17,19,22H,1,11-15,18H2,2-5H3/b20-7-,23-8+. The van der Waals surface area contributed by atoms with Crippen LogP contribution >= 0.6 is 0 Å². The summed E-state index contributed by atoms with van der Waals surface area (Å²) in [6.07, 6.45) is 8.31. The van der Waals surface area contributed by atoms with Gasteiger partial charge in [-0.05, 0) is 74.9 Å². The molecule has 33 heavy (non-hydrogen) atoms. The van der Waals surface area contributed by atoms with Gasteiger partial charge >= 0.3 is 11.6 Å². The monoisotopic (exact) mass is 449 g/mol. The van der Waals surface area contributed by atoms with Crippen molar-refractivity contribution in [3.63, 3.8) is 0 Å². The molecule has 0 bridgehead atoms. The number of benzene rings is 1. The van der Waals surface area contributed by atoms with Gasteiger partial charge in [-0.1, -0.05) is 43.9 Å². The molecule has 1 atom stereocenters.